The number of aryl methyl sites for hydroxylation is 1. The number of hydrogen-bond acceptors (Lipinski definition) is 5. The molecule has 1 atom stereocenters. The molecule has 3 rings (SSSR count). The number of aromatic nitrogens is 3. The Kier molecular flexibility index (Phi) is 3.96. The van der Waals surface area contributed by atoms with Gasteiger partial charge in [-0.2, -0.15) is 9.90 Å². The maximum absolute atomic E-state index is 12.1. The zero-order valence-corrected chi connectivity index (χ0v) is 11.9. The average Bonchev–Trinajstić information content (AvgIpc) is 3.15. The van der Waals surface area contributed by atoms with Crippen molar-refractivity contribution in [1.29, 1.82) is 0 Å². The van der Waals surface area contributed by atoms with Crippen LogP contribution in [-0.4, -0.2) is 40.3 Å². The molecule has 1 aliphatic rings. The van der Waals surface area contributed by atoms with Crippen molar-refractivity contribution in [3.05, 3.63) is 41.7 Å². The molecule has 1 aromatic carbocycles. The van der Waals surface area contributed by atoms with Gasteiger partial charge in [0.1, 0.15) is 6.61 Å². The molecule has 0 saturated carbocycles. The zero-order valence-electron chi connectivity index (χ0n) is 11.9. The third-order valence-corrected chi connectivity index (χ3v) is 3.39. The van der Waals surface area contributed by atoms with Crippen molar-refractivity contribution < 1.29 is 14.3 Å². The van der Waals surface area contributed by atoms with E-state index < -0.39 is 5.97 Å². The van der Waals surface area contributed by atoms with Crippen LogP contribution >= 0.6 is 0 Å². The molecule has 1 fully saturated rings. The van der Waals surface area contributed by atoms with Crippen molar-refractivity contribution in [1.82, 2.24) is 15.0 Å². The minimum absolute atomic E-state index is 0.0124. The van der Waals surface area contributed by atoms with Crippen LogP contribution in [0.25, 0.3) is 5.69 Å². The molecular formula is C15H17N3O3. The van der Waals surface area contributed by atoms with Gasteiger partial charge in [0.25, 0.3) is 0 Å². The highest BCUT2D eigenvalue weighted by Crippen LogP contribution is 2.14. The highest BCUT2D eigenvalue weighted by molar-refractivity contribution is 5.88. The molecule has 6 nitrogen and oxygen atoms in total. The van der Waals surface area contributed by atoms with Gasteiger partial charge in [-0.25, -0.2) is 4.79 Å². The standard InChI is InChI=1S/C15H17N3O3/c1-11-14(15(19)21-10-13-8-5-9-20-13)17-18(16-11)12-6-3-2-4-7-12/h2-4,6-7,13H,5,8-10H2,1H3/t13-/m0/s1. The first-order valence-corrected chi connectivity index (χ1v) is 7.02. The summed E-state index contributed by atoms with van der Waals surface area (Å²) < 4.78 is 10.7. The van der Waals surface area contributed by atoms with Crippen LogP contribution in [0.15, 0.2) is 30.3 Å². The van der Waals surface area contributed by atoms with Crippen molar-refractivity contribution in [2.45, 2.75) is 25.9 Å². The van der Waals surface area contributed by atoms with E-state index in [4.69, 9.17) is 9.47 Å². The van der Waals surface area contributed by atoms with Gasteiger partial charge in [-0.3, -0.25) is 0 Å². The van der Waals surface area contributed by atoms with E-state index in [-0.39, 0.29) is 18.4 Å². The van der Waals surface area contributed by atoms with E-state index >= 15 is 0 Å². The van der Waals surface area contributed by atoms with Crippen molar-refractivity contribution >= 4 is 5.97 Å². The van der Waals surface area contributed by atoms with E-state index in [2.05, 4.69) is 10.2 Å². The minimum atomic E-state index is -0.454. The first kappa shape index (κ1) is 13.8. The van der Waals surface area contributed by atoms with E-state index in [0.717, 1.165) is 25.1 Å². The van der Waals surface area contributed by atoms with E-state index in [0.29, 0.717) is 5.69 Å². The number of carbonyl (C=O) groups is 1. The lowest BCUT2D eigenvalue weighted by Gasteiger charge is -2.08. The number of esters is 1. The molecule has 0 amide bonds. The van der Waals surface area contributed by atoms with E-state index in [1.54, 1.807) is 6.92 Å². The van der Waals surface area contributed by atoms with E-state index in [1.165, 1.54) is 4.80 Å². The summed E-state index contributed by atoms with van der Waals surface area (Å²) in [5, 5.41) is 8.47. The first-order valence-electron chi connectivity index (χ1n) is 7.02. The highest BCUT2D eigenvalue weighted by Gasteiger charge is 2.21. The molecule has 21 heavy (non-hydrogen) atoms. The van der Waals surface area contributed by atoms with Gasteiger partial charge in [-0.05, 0) is 31.9 Å². The molecule has 0 unspecified atom stereocenters. The maximum Gasteiger partial charge on any atom is 0.360 e. The third kappa shape index (κ3) is 3.11. The van der Waals surface area contributed by atoms with Gasteiger partial charge in [-0.1, -0.05) is 18.2 Å². The molecule has 6 heteroatoms. The van der Waals surface area contributed by atoms with Crippen LogP contribution in [0.1, 0.15) is 29.0 Å². The van der Waals surface area contributed by atoms with Crippen LogP contribution in [-0.2, 0) is 9.47 Å². The Labute approximate surface area is 122 Å². The number of rotatable bonds is 4. The summed E-state index contributed by atoms with van der Waals surface area (Å²) in [5.41, 5.74) is 1.60. The molecule has 1 aromatic heterocycles. The molecule has 0 spiro atoms. The molecule has 2 aromatic rings. The number of hydrogen-bond donors (Lipinski definition) is 0. The summed E-state index contributed by atoms with van der Waals surface area (Å²) >= 11 is 0. The smallest absolute Gasteiger partial charge is 0.360 e. The lowest BCUT2D eigenvalue weighted by atomic mass is 10.2. The van der Waals surface area contributed by atoms with Gasteiger partial charge in [0.05, 0.1) is 17.5 Å². The molecule has 2 heterocycles. The van der Waals surface area contributed by atoms with Crippen molar-refractivity contribution in [2.75, 3.05) is 13.2 Å². The average molecular weight is 287 g/mol. The van der Waals surface area contributed by atoms with Crippen LogP contribution in [0, 0.1) is 6.92 Å². The molecule has 0 bridgehead atoms. The van der Waals surface area contributed by atoms with Gasteiger partial charge in [0.15, 0.2) is 5.69 Å². The SMILES string of the molecule is Cc1nn(-c2ccccc2)nc1C(=O)OC[C@@H]1CCCO1. The molecule has 0 aliphatic carbocycles. The van der Waals surface area contributed by atoms with Gasteiger partial charge < -0.3 is 9.47 Å². The molecule has 0 radical (unpaired) electrons. The monoisotopic (exact) mass is 287 g/mol. The Morgan fingerprint density at radius 1 is 1.38 bits per heavy atom. The summed E-state index contributed by atoms with van der Waals surface area (Å²) in [6.45, 7) is 2.76. The Morgan fingerprint density at radius 3 is 2.90 bits per heavy atom. The largest absolute Gasteiger partial charge is 0.458 e. The normalized spacial score (nSPS) is 17.9. The van der Waals surface area contributed by atoms with Gasteiger partial charge >= 0.3 is 5.97 Å². The molecule has 0 N–H and O–H groups in total. The molecular weight excluding hydrogens is 270 g/mol. The summed E-state index contributed by atoms with van der Waals surface area (Å²) in [4.78, 5) is 13.5. The van der Waals surface area contributed by atoms with Crippen LogP contribution in [0.4, 0.5) is 0 Å². The summed E-state index contributed by atoms with van der Waals surface area (Å²) in [7, 11) is 0. The third-order valence-electron chi connectivity index (χ3n) is 3.39. The van der Waals surface area contributed by atoms with E-state index in [9.17, 15) is 4.79 Å². The fraction of sp³-hybridized carbons (Fsp3) is 0.400. The lowest BCUT2D eigenvalue weighted by Crippen LogP contribution is -2.18. The van der Waals surface area contributed by atoms with Crippen molar-refractivity contribution in [3.8, 4) is 5.69 Å². The van der Waals surface area contributed by atoms with Crippen LogP contribution in [0.3, 0.4) is 0 Å². The Morgan fingerprint density at radius 2 is 2.19 bits per heavy atom. The number of nitrogens with zero attached hydrogens (tertiary/aromatic N) is 3. The fourth-order valence-electron chi connectivity index (χ4n) is 2.26. The maximum atomic E-state index is 12.1. The van der Waals surface area contributed by atoms with Crippen molar-refractivity contribution in [2.24, 2.45) is 0 Å². The fourth-order valence-corrected chi connectivity index (χ4v) is 2.26. The zero-order chi connectivity index (χ0) is 14.7. The quantitative estimate of drug-likeness (QED) is 0.804. The van der Waals surface area contributed by atoms with E-state index in [1.807, 2.05) is 30.3 Å². The van der Waals surface area contributed by atoms with Gasteiger partial charge in [0.2, 0.25) is 0 Å². The molecule has 1 saturated heterocycles. The number of para-hydroxylation sites is 1. The number of ether oxygens (including phenoxy) is 2. The summed E-state index contributed by atoms with van der Waals surface area (Å²) in [6.07, 6.45) is 1.97. The Balaban J connectivity index is 1.70. The predicted molar refractivity (Wildman–Crippen MR) is 75.4 cm³/mol. The molecule has 1 aliphatic heterocycles. The highest BCUT2D eigenvalue weighted by atomic mass is 16.6. The molecule has 110 valence electrons. The van der Waals surface area contributed by atoms with Gasteiger partial charge in [0, 0.05) is 6.61 Å². The van der Waals surface area contributed by atoms with Crippen LogP contribution < -0.4 is 0 Å². The summed E-state index contributed by atoms with van der Waals surface area (Å²) in [5.74, 6) is -0.454. The van der Waals surface area contributed by atoms with Crippen molar-refractivity contribution in [3.63, 3.8) is 0 Å². The van der Waals surface area contributed by atoms with Crippen LogP contribution in [0.5, 0.6) is 0 Å². The predicted octanol–water partition coefficient (Wildman–Crippen LogP) is 1.91. The topological polar surface area (TPSA) is 66.2 Å². The van der Waals surface area contributed by atoms with Gasteiger partial charge in [-0.15, -0.1) is 5.10 Å². The number of benzene rings is 1. The van der Waals surface area contributed by atoms with Crippen LogP contribution in [0.2, 0.25) is 0 Å². The lowest BCUT2D eigenvalue weighted by molar-refractivity contribution is 0.0155. The first-order chi connectivity index (χ1) is 10.2. The Bertz CT molecular complexity index is 618. The number of carbonyl (C=O) groups excluding carboxylic acids is 1. The Hall–Kier alpha value is -2.21. The second kappa shape index (κ2) is 6.05. The minimum Gasteiger partial charge on any atom is -0.458 e. The second-order valence-electron chi connectivity index (χ2n) is 4.99. The second-order valence-corrected chi connectivity index (χ2v) is 4.99. The summed E-state index contributed by atoms with van der Waals surface area (Å²) in [6, 6.07) is 9.45.